The molecule has 21 heavy (non-hydrogen) atoms. The maximum Gasteiger partial charge on any atom is 0.397 e. The third-order valence-corrected chi connectivity index (χ3v) is 3.83. The number of benzene rings is 1. The van der Waals surface area contributed by atoms with Crippen molar-refractivity contribution in [2.24, 2.45) is 0 Å². The summed E-state index contributed by atoms with van der Waals surface area (Å²) >= 11 is 0. The van der Waals surface area contributed by atoms with Crippen LogP contribution in [0.5, 0.6) is 0 Å². The SMILES string of the molecule is Cc1ccc(C2(O)C[n+]3cccnc3N2C(C)C)cc1.[Br-]. The van der Waals surface area contributed by atoms with Crippen molar-refractivity contribution in [1.82, 2.24) is 4.98 Å². The van der Waals surface area contributed by atoms with Gasteiger partial charge in [-0.15, -0.1) is 0 Å². The molecule has 0 amide bonds. The topological polar surface area (TPSA) is 40.2 Å². The largest absolute Gasteiger partial charge is 1.00 e. The Morgan fingerprint density at radius 3 is 2.57 bits per heavy atom. The van der Waals surface area contributed by atoms with Crippen LogP contribution in [0.4, 0.5) is 5.95 Å². The normalized spacial score (nSPS) is 20.3. The summed E-state index contributed by atoms with van der Waals surface area (Å²) in [6, 6.07) is 10.1. The summed E-state index contributed by atoms with van der Waals surface area (Å²) in [5.74, 6) is 0.811. The number of nitrogens with zero attached hydrogens (tertiary/aromatic N) is 3. The van der Waals surface area contributed by atoms with Crippen LogP contribution in [-0.2, 0) is 12.3 Å². The van der Waals surface area contributed by atoms with Gasteiger partial charge >= 0.3 is 5.95 Å². The molecule has 112 valence electrons. The van der Waals surface area contributed by atoms with Gasteiger partial charge in [-0.3, -0.25) is 0 Å². The van der Waals surface area contributed by atoms with Crippen LogP contribution >= 0.6 is 0 Å². The third kappa shape index (κ3) is 2.56. The van der Waals surface area contributed by atoms with E-state index < -0.39 is 5.72 Å². The van der Waals surface area contributed by atoms with Gasteiger partial charge in [0.1, 0.15) is 12.7 Å². The highest BCUT2D eigenvalue weighted by Gasteiger charge is 2.52. The van der Waals surface area contributed by atoms with Crippen molar-refractivity contribution in [3.63, 3.8) is 0 Å². The van der Waals surface area contributed by atoms with Gasteiger partial charge in [0.15, 0.2) is 0 Å². The molecule has 2 heterocycles. The fraction of sp³-hybridized carbons (Fsp3) is 0.375. The highest BCUT2D eigenvalue weighted by atomic mass is 79.9. The van der Waals surface area contributed by atoms with Gasteiger partial charge in [-0.25, -0.2) is 9.47 Å². The third-order valence-electron chi connectivity index (χ3n) is 3.83. The first-order valence-corrected chi connectivity index (χ1v) is 6.96. The van der Waals surface area contributed by atoms with Gasteiger partial charge in [0.2, 0.25) is 5.72 Å². The van der Waals surface area contributed by atoms with Crippen LogP contribution in [0.25, 0.3) is 0 Å². The lowest BCUT2D eigenvalue weighted by Gasteiger charge is -2.31. The first-order valence-electron chi connectivity index (χ1n) is 6.96. The standard InChI is InChI=1S/C16H20N3O.BrH/c1-12(2)19-15-17-9-4-10-18(15)11-16(19,20)14-7-5-13(3)6-8-14;/h4-10,12,20H,11H2,1-3H3;1H/q+1;/p-1. The zero-order valence-electron chi connectivity index (χ0n) is 12.5. The molecule has 1 aromatic heterocycles. The lowest BCUT2D eigenvalue weighted by molar-refractivity contribution is -0.685. The Morgan fingerprint density at radius 2 is 1.95 bits per heavy atom. The summed E-state index contributed by atoms with van der Waals surface area (Å²) in [5.41, 5.74) is 1.06. The summed E-state index contributed by atoms with van der Waals surface area (Å²) in [6.45, 7) is 6.69. The van der Waals surface area contributed by atoms with Gasteiger partial charge in [-0.2, -0.15) is 0 Å². The predicted octanol–water partition coefficient (Wildman–Crippen LogP) is -1.24. The van der Waals surface area contributed by atoms with Crippen LogP contribution in [0.1, 0.15) is 25.0 Å². The molecule has 0 saturated heterocycles. The zero-order chi connectivity index (χ0) is 14.3. The maximum atomic E-state index is 11.3. The average molecular weight is 350 g/mol. The van der Waals surface area contributed by atoms with Crippen LogP contribution in [0.3, 0.4) is 0 Å². The van der Waals surface area contributed by atoms with Crippen molar-refractivity contribution >= 4 is 5.95 Å². The van der Waals surface area contributed by atoms with Crippen molar-refractivity contribution < 1.29 is 26.7 Å². The molecule has 0 bridgehead atoms. The Kier molecular flexibility index (Phi) is 4.35. The Balaban J connectivity index is 0.00000161. The van der Waals surface area contributed by atoms with Crippen molar-refractivity contribution in [3.8, 4) is 0 Å². The van der Waals surface area contributed by atoms with Gasteiger partial charge in [0, 0.05) is 11.6 Å². The monoisotopic (exact) mass is 349 g/mol. The van der Waals surface area contributed by atoms with Crippen molar-refractivity contribution in [3.05, 3.63) is 53.9 Å². The van der Waals surface area contributed by atoms with E-state index in [1.807, 2.05) is 52.9 Å². The molecular formula is C16H20BrN3O. The number of hydrogen-bond donors (Lipinski definition) is 1. The molecule has 4 nitrogen and oxygen atoms in total. The second kappa shape index (κ2) is 5.73. The highest BCUT2D eigenvalue weighted by molar-refractivity contribution is 5.39. The van der Waals surface area contributed by atoms with E-state index >= 15 is 0 Å². The number of fused-ring (bicyclic) bond motifs is 1. The van der Waals surface area contributed by atoms with Gasteiger partial charge in [0.25, 0.3) is 0 Å². The lowest BCUT2D eigenvalue weighted by atomic mass is 9.99. The van der Waals surface area contributed by atoms with E-state index in [2.05, 4.69) is 18.8 Å². The summed E-state index contributed by atoms with van der Waals surface area (Å²) in [6.07, 6.45) is 3.73. The highest BCUT2D eigenvalue weighted by Crippen LogP contribution is 2.35. The zero-order valence-corrected chi connectivity index (χ0v) is 14.1. The second-order valence-corrected chi connectivity index (χ2v) is 5.69. The molecule has 0 aliphatic carbocycles. The smallest absolute Gasteiger partial charge is 0.397 e. The van der Waals surface area contributed by atoms with Crippen LogP contribution < -0.4 is 26.4 Å². The Bertz CT molecular complexity index is 630. The van der Waals surface area contributed by atoms with Gasteiger partial charge in [-0.05, 0) is 20.8 Å². The molecule has 0 fully saturated rings. The molecular weight excluding hydrogens is 330 g/mol. The van der Waals surface area contributed by atoms with E-state index in [-0.39, 0.29) is 23.0 Å². The van der Waals surface area contributed by atoms with Crippen molar-refractivity contribution in [2.45, 2.75) is 39.1 Å². The van der Waals surface area contributed by atoms with Crippen LogP contribution in [0.15, 0.2) is 42.7 Å². The molecule has 0 radical (unpaired) electrons. The molecule has 3 rings (SSSR count). The average Bonchev–Trinajstić information content (AvgIpc) is 2.72. The van der Waals surface area contributed by atoms with Crippen molar-refractivity contribution in [1.29, 1.82) is 0 Å². The molecule has 0 spiro atoms. The van der Waals surface area contributed by atoms with Gasteiger partial charge < -0.3 is 22.1 Å². The molecule has 1 aliphatic rings. The van der Waals surface area contributed by atoms with E-state index in [4.69, 9.17) is 0 Å². The summed E-state index contributed by atoms with van der Waals surface area (Å²) < 4.78 is 2.00. The van der Waals surface area contributed by atoms with E-state index in [1.54, 1.807) is 6.20 Å². The first-order chi connectivity index (χ1) is 9.52. The predicted molar refractivity (Wildman–Crippen MR) is 77.1 cm³/mol. The Hall–Kier alpha value is -1.46. The Morgan fingerprint density at radius 1 is 1.29 bits per heavy atom. The minimum Gasteiger partial charge on any atom is -1.00 e. The first kappa shape index (κ1) is 15.9. The molecule has 1 aromatic carbocycles. The maximum absolute atomic E-state index is 11.3. The molecule has 1 unspecified atom stereocenters. The van der Waals surface area contributed by atoms with E-state index in [0.29, 0.717) is 6.54 Å². The number of anilines is 1. The van der Waals surface area contributed by atoms with Crippen LogP contribution in [-0.4, -0.2) is 16.1 Å². The number of halogens is 1. The molecule has 1 atom stereocenters. The molecule has 2 aromatic rings. The van der Waals surface area contributed by atoms with Gasteiger partial charge in [0.05, 0.1) is 12.2 Å². The number of aryl methyl sites for hydroxylation is 1. The van der Waals surface area contributed by atoms with Crippen LogP contribution in [0.2, 0.25) is 0 Å². The van der Waals surface area contributed by atoms with Crippen LogP contribution in [0, 0.1) is 6.92 Å². The minimum absolute atomic E-state index is 0. The fourth-order valence-corrected chi connectivity index (χ4v) is 2.90. The quantitative estimate of drug-likeness (QED) is 0.689. The molecule has 0 saturated carbocycles. The number of aromatic nitrogens is 2. The summed E-state index contributed by atoms with van der Waals surface area (Å²) in [4.78, 5) is 6.41. The number of rotatable bonds is 2. The minimum atomic E-state index is -1.04. The second-order valence-electron chi connectivity index (χ2n) is 5.69. The summed E-state index contributed by atoms with van der Waals surface area (Å²) in [7, 11) is 0. The number of hydrogen-bond acceptors (Lipinski definition) is 3. The van der Waals surface area contributed by atoms with E-state index in [1.165, 1.54) is 5.56 Å². The fourth-order valence-electron chi connectivity index (χ4n) is 2.90. The Labute approximate surface area is 135 Å². The molecule has 1 aliphatic heterocycles. The summed E-state index contributed by atoms with van der Waals surface area (Å²) in [5, 5.41) is 11.3. The number of aliphatic hydroxyl groups is 1. The van der Waals surface area contributed by atoms with E-state index in [0.717, 1.165) is 11.5 Å². The van der Waals surface area contributed by atoms with E-state index in [9.17, 15) is 5.11 Å². The molecule has 5 heteroatoms. The lowest BCUT2D eigenvalue weighted by Crippen LogP contribution is -3.00. The van der Waals surface area contributed by atoms with Gasteiger partial charge in [-0.1, -0.05) is 34.8 Å². The van der Waals surface area contributed by atoms with Crippen molar-refractivity contribution in [2.75, 3.05) is 4.90 Å². The molecule has 1 N–H and O–H groups in total.